The molecule has 0 aromatic heterocycles. The van der Waals surface area contributed by atoms with Gasteiger partial charge in [0.25, 0.3) is 0 Å². The summed E-state index contributed by atoms with van der Waals surface area (Å²) in [6.45, 7) is 3.31. The predicted octanol–water partition coefficient (Wildman–Crippen LogP) is 2.22. The van der Waals surface area contributed by atoms with E-state index < -0.39 is 17.7 Å². The van der Waals surface area contributed by atoms with Crippen LogP contribution in [0.4, 0.5) is 14.5 Å². The number of nitrogens with one attached hydrogen (secondary N) is 2. The van der Waals surface area contributed by atoms with E-state index in [-0.39, 0.29) is 30.3 Å². The smallest absolute Gasteiger partial charge is 0.237 e. The van der Waals surface area contributed by atoms with Gasteiger partial charge in [-0.3, -0.25) is 14.5 Å². The Morgan fingerprint density at radius 2 is 1.97 bits per heavy atom. The van der Waals surface area contributed by atoms with Crippen LogP contribution in [-0.4, -0.2) is 55.5 Å². The number of carbonyl (C=O) groups is 2. The fourth-order valence-electron chi connectivity index (χ4n) is 4.45. The molecule has 0 bridgehead atoms. The largest absolute Gasteiger partial charge is 0.371 e. The van der Waals surface area contributed by atoms with Crippen molar-refractivity contribution in [1.29, 1.82) is 0 Å². The van der Waals surface area contributed by atoms with Crippen LogP contribution in [0.25, 0.3) is 0 Å². The number of carbonyl (C=O) groups excluding carboxylic acids is 2. The molecule has 1 saturated heterocycles. The van der Waals surface area contributed by atoms with Gasteiger partial charge in [0.05, 0.1) is 12.5 Å². The molecule has 8 heteroatoms. The van der Waals surface area contributed by atoms with Gasteiger partial charge in [0.15, 0.2) is 11.6 Å². The van der Waals surface area contributed by atoms with Crippen molar-refractivity contribution in [2.24, 2.45) is 0 Å². The van der Waals surface area contributed by atoms with Crippen LogP contribution in [-0.2, 0) is 22.6 Å². The number of fused-ring (bicyclic) bond motifs is 1. The summed E-state index contributed by atoms with van der Waals surface area (Å²) in [7, 11) is 0. The normalized spacial score (nSPS) is 18.4. The third-order valence-electron chi connectivity index (χ3n) is 6.14. The number of hydrogen-bond acceptors (Lipinski definition) is 4. The Kier molecular flexibility index (Phi) is 6.99. The Balaban J connectivity index is 1.27. The van der Waals surface area contributed by atoms with E-state index in [1.54, 1.807) is 4.90 Å². The molecular formula is C24H28F2N4O2. The highest BCUT2D eigenvalue weighted by Gasteiger charge is 2.32. The zero-order valence-electron chi connectivity index (χ0n) is 17.9. The van der Waals surface area contributed by atoms with Crippen LogP contribution in [0.3, 0.4) is 0 Å². The quantitative estimate of drug-likeness (QED) is 0.616. The zero-order valence-corrected chi connectivity index (χ0v) is 17.9. The molecule has 1 unspecified atom stereocenters. The molecule has 32 heavy (non-hydrogen) atoms. The van der Waals surface area contributed by atoms with E-state index in [9.17, 15) is 18.4 Å². The molecule has 0 aliphatic carbocycles. The van der Waals surface area contributed by atoms with Crippen molar-refractivity contribution in [3.8, 4) is 0 Å². The first kappa shape index (κ1) is 22.2. The molecule has 1 fully saturated rings. The van der Waals surface area contributed by atoms with Crippen LogP contribution in [0, 0.1) is 11.6 Å². The highest BCUT2D eigenvalue weighted by Crippen LogP contribution is 2.27. The summed E-state index contributed by atoms with van der Waals surface area (Å²) in [5.41, 5.74) is 2.80. The standard InChI is InChI=1S/C24H28F2N4O2/c25-19-7-3-6-18(23(19)26)16-30-14-11-28-24(32)21(30)15-22(31)27-10-4-12-29-13-9-17-5-1-2-8-20(17)29/h1-3,5-8,21H,4,9-16H2,(H,27,31)(H,28,32). The monoisotopic (exact) mass is 442 g/mol. The van der Waals surface area contributed by atoms with Crippen molar-refractivity contribution in [2.75, 3.05) is 37.6 Å². The Bertz CT molecular complexity index is 984. The number of benzene rings is 2. The maximum absolute atomic E-state index is 14.1. The molecule has 0 radical (unpaired) electrons. The lowest BCUT2D eigenvalue weighted by molar-refractivity contribution is -0.134. The van der Waals surface area contributed by atoms with Crippen LogP contribution in [0.15, 0.2) is 42.5 Å². The van der Waals surface area contributed by atoms with Crippen LogP contribution in [0.1, 0.15) is 24.0 Å². The fraction of sp³-hybridized carbons (Fsp3) is 0.417. The Hall–Kier alpha value is -3.00. The molecule has 2 amide bonds. The summed E-state index contributed by atoms with van der Waals surface area (Å²) in [5, 5.41) is 5.65. The van der Waals surface area contributed by atoms with Crippen LogP contribution >= 0.6 is 0 Å². The molecule has 2 aromatic rings. The lowest BCUT2D eigenvalue weighted by Crippen LogP contribution is -2.56. The number of para-hydroxylation sites is 1. The van der Waals surface area contributed by atoms with Gasteiger partial charge in [0.2, 0.25) is 11.8 Å². The van der Waals surface area contributed by atoms with E-state index in [0.29, 0.717) is 19.6 Å². The summed E-state index contributed by atoms with van der Waals surface area (Å²) in [6, 6.07) is 11.7. The van der Waals surface area contributed by atoms with Crippen molar-refractivity contribution in [3.63, 3.8) is 0 Å². The number of amides is 2. The molecule has 2 N–H and O–H groups in total. The van der Waals surface area contributed by atoms with Crippen LogP contribution in [0.2, 0.25) is 0 Å². The molecule has 0 spiro atoms. The minimum atomic E-state index is -0.918. The topological polar surface area (TPSA) is 64.7 Å². The molecule has 4 rings (SSSR count). The summed E-state index contributed by atoms with van der Waals surface area (Å²) < 4.78 is 27.6. The summed E-state index contributed by atoms with van der Waals surface area (Å²) in [4.78, 5) is 29.0. The lowest BCUT2D eigenvalue weighted by Gasteiger charge is -2.34. The zero-order chi connectivity index (χ0) is 22.5. The number of nitrogens with zero attached hydrogens (tertiary/aromatic N) is 2. The first-order valence-corrected chi connectivity index (χ1v) is 11.1. The maximum atomic E-state index is 14.1. The molecule has 2 aliphatic heterocycles. The van der Waals surface area contributed by atoms with E-state index in [1.165, 1.54) is 23.4 Å². The van der Waals surface area contributed by atoms with Gasteiger partial charge >= 0.3 is 0 Å². The van der Waals surface area contributed by atoms with Gasteiger partial charge in [-0.05, 0) is 30.5 Å². The van der Waals surface area contributed by atoms with Gasteiger partial charge in [-0.25, -0.2) is 8.78 Å². The second kappa shape index (κ2) is 10.1. The summed E-state index contributed by atoms with van der Waals surface area (Å²) in [5.74, 6) is -2.32. The fourth-order valence-corrected chi connectivity index (χ4v) is 4.45. The number of anilines is 1. The molecule has 0 saturated carbocycles. The highest BCUT2D eigenvalue weighted by molar-refractivity contribution is 5.88. The number of hydrogen-bond donors (Lipinski definition) is 2. The van der Waals surface area contributed by atoms with Gasteiger partial charge in [0, 0.05) is 50.5 Å². The minimum absolute atomic E-state index is 0.0185. The molecule has 1 atom stereocenters. The predicted molar refractivity (Wildman–Crippen MR) is 118 cm³/mol. The number of rotatable bonds is 8. The van der Waals surface area contributed by atoms with Crippen molar-refractivity contribution in [3.05, 3.63) is 65.2 Å². The van der Waals surface area contributed by atoms with E-state index >= 15 is 0 Å². The molecule has 2 aliphatic rings. The highest BCUT2D eigenvalue weighted by atomic mass is 19.2. The number of piperazine rings is 1. The van der Waals surface area contributed by atoms with Gasteiger partial charge in [-0.2, -0.15) is 0 Å². The molecule has 170 valence electrons. The average molecular weight is 443 g/mol. The second-order valence-corrected chi connectivity index (χ2v) is 8.26. The van der Waals surface area contributed by atoms with Gasteiger partial charge in [-0.1, -0.05) is 30.3 Å². The molecule has 6 nitrogen and oxygen atoms in total. The number of halogens is 2. The second-order valence-electron chi connectivity index (χ2n) is 8.26. The lowest BCUT2D eigenvalue weighted by atomic mass is 10.1. The molecule has 2 heterocycles. The third kappa shape index (κ3) is 5.07. The van der Waals surface area contributed by atoms with E-state index in [2.05, 4.69) is 33.7 Å². The third-order valence-corrected chi connectivity index (χ3v) is 6.14. The molecular weight excluding hydrogens is 414 g/mol. The van der Waals surface area contributed by atoms with Gasteiger partial charge in [-0.15, -0.1) is 0 Å². The van der Waals surface area contributed by atoms with Crippen molar-refractivity contribution in [2.45, 2.75) is 31.8 Å². The van der Waals surface area contributed by atoms with Crippen LogP contribution in [0.5, 0.6) is 0 Å². The van der Waals surface area contributed by atoms with Gasteiger partial charge in [0.1, 0.15) is 0 Å². The maximum Gasteiger partial charge on any atom is 0.237 e. The minimum Gasteiger partial charge on any atom is -0.371 e. The summed E-state index contributed by atoms with van der Waals surface area (Å²) >= 11 is 0. The van der Waals surface area contributed by atoms with Crippen molar-refractivity contribution in [1.82, 2.24) is 15.5 Å². The SMILES string of the molecule is O=C(CC1C(=O)NCCN1Cc1cccc(F)c1F)NCCCN1CCc2ccccc21. The van der Waals surface area contributed by atoms with E-state index in [0.717, 1.165) is 32.0 Å². The Morgan fingerprint density at radius 1 is 1.12 bits per heavy atom. The first-order chi connectivity index (χ1) is 15.5. The Morgan fingerprint density at radius 3 is 2.84 bits per heavy atom. The summed E-state index contributed by atoms with van der Waals surface area (Å²) in [6.07, 6.45) is 1.82. The average Bonchev–Trinajstić information content (AvgIpc) is 3.20. The van der Waals surface area contributed by atoms with E-state index in [1.807, 2.05) is 6.07 Å². The van der Waals surface area contributed by atoms with Gasteiger partial charge < -0.3 is 15.5 Å². The first-order valence-electron chi connectivity index (χ1n) is 11.1. The Labute approximate surface area is 186 Å². The van der Waals surface area contributed by atoms with Crippen LogP contribution < -0.4 is 15.5 Å². The molecule has 2 aromatic carbocycles. The van der Waals surface area contributed by atoms with E-state index in [4.69, 9.17) is 0 Å². The van der Waals surface area contributed by atoms with Crippen molar-refractivity contribution >= 4 is 17.5 Å². The van der Waals surface area contributed by atoms with Crippen molar-refractivity contribution < 1.29 is 18.4 Å².